The van der Waals surface area contributed by atoms with Crippen LogP contribution in [0.4, 0.5) is 5.00 Å². The van der Waals surface area contributed by atoms with Gasteiger partial charge in [0, 0.05) is 18.3 Å². The van der Waals surface area contributed by atoms with Crippen LogP contribution in [-0.2, 0) is 33.7 Å². The van der Waals surface area contributed by atoms with E-state index < -0.39 is 5.97 Å². The Balaban J connectivity index is 1.84. The summed E-state index contributed by atoms with van der Waals surface area (Å²) in [4.78, 5) is 39.3. The summed E-state index contributed by atoms with van der Waals surface area (Å²) in [7, 11) is 1.33. The van der Waals surface area contributed by atoms with Crippen LogP contribution >= 0.6 is 11.3 Å². The number of esters is 1. The summed E-state index contributed by atoms with van der Waals surface area (Å²) in [5.41, 5.74) is 4.52. The SMILES string of the molecule is COC(=O)c1c(NC(=O)Cc2ccc(C)c(C)c2)sc2c1CCN(C(C)=O)C2. The third-order valence-electron chi connectivity index (χ3n) is 5.08. The highest BCUT2D eigenvalue weighted by Gasteiger charge is 2.30. The maximum Gasteiger partial charge on any atom is 0.341 e. The summed E-state index contributed by atoms with van der Waals surface area (Å²) < 4.78 is 4.94. The first-order valence-electron chi connectivity index (χ1n) is 9.14. The maximum absolute atomic E-state index is 12.6. The fourth-order valence-electron chi connectivity index (χ4n) is 3.35. The smallest absolute Gasteiger partial charge is 0.341 e. The molecule has 148 valence electrons. The molecule has 1 aliphatic rings. The van der Waals surface area contributed by atoms with Crippen molar-refractivity contribution in [3.8, 4) is 0 Å². The molecule has 0 atom stereocenters. The molecule has 2 heterocycles. The molecule has 0 aliphatic carbocycles. The fourth-order valence-corrected chi connectivity index (χ4v) is 4.62. The number of nitrogens with one attached hydrogen (secondary N) is 1. The normalized spacial score (nSPS) is 13.1. The van der Waals surface area contributed by atoms with Crippen molar-refractivity contribution in [1.29, 1.82) is 0 Å². The Morgan fingerprint density at radius 2 is 1.96 bits per heavy atom. The highest BCUT2D eigenvalue weighted by molar-refractivity contribution is 7.17. The molecule has 1 N–H and O–H groups in total. The van der Waals surface area contributed by atoms with E-state index in [1.165, 1.54) is 30.9 Å². The largest absolute Gasteiger partial charge is 0.465 e. The molecule has 0 saturated carbocycles. The van der Waals surface area contributed by atoms with Gasteiger partial charge < -0.3 is 15.0 Å². The second-order valence-corrected chi connectivity index (χ2v) is 8.14. The number of fused-ring (bicyclic) bond motifs is 1. The number of anilines is 1. The molecular formula is C21H24N2O4S. The molecule has 1 aliphatic heterocycles. The summed E-state index contributed by atoms with van der Waals surface area (Å²) in [6.45, 7) is 6.58. The van der Waals surface area contributed by atoms with E-state index in [1.54, 1.807) is 4.90 Å². The average molecular weight is 401 g/mol. The zero-order valence-electron chi connectivity index (χ0n) is 16.5. The molecule has 0 saturated heterocycles. The van der Waals surface area contributed by atoms with Crippen LogP contribution in [0.2, 0.25) is 0 Å². The quantitative estimate of drug-likeness (QED) is 0.800. The van der Waals surface area contributed by atoms with Crippen molar-refractivity contribution in [3.63, 3.8) is 0 Å². The highest BCUT2D eigenvalue weighted by Crippen LogP contribution is 2.37. The Kier molecular flexibility index (Phi) is 5.84. The third-order valence-corrected chi connectivity index (χ3v) is 6.21. The molecular weight excluding hydrogens is 376 g/mol. The Bertz CT molecular complexity index is 948. The molecule has 0 spiro atoms. The third kappa shape index (κ3) is 4.09. The van der Waals surface area contributed by atoms with Crippen LogP contribution in [0.5, 0.6) is 0 Å². The molecule has 3 rings (SSSR count). The van der Waals surface area contributed by atoms with Gasteiger partial charge in [-0.1, -0.05) is 18.2 Å². The first-order chi connectivity index (χ1) is 13.3. The van der Waals surface area contributed by atoms with Gasteiger partial charge in [0.25, 0.3) is 0 Å². The van der Waals surface area contributed by atoms with E-state index in [4.69, 9.17) is 4.74 Å². The Labute approximate surface area is 168 Å². The number of nitrogens with zero attached hydrogens (tertiary/aromatic N) is 1. The van der Waals surface area contributed by atoms with Crippen LogP contribution in [-0.4, -0.2) is 36.3 Å². The predicted octanol–water partition coefficient (Wildman–Crippen LogP) is 3.24. The zero-order chi connectivity index (χ0) is 20.4. The van der Waals surface area contributed by atoms with Crippen LogP contribution in [0, 0.1) is 13.8 Å². The number of carbonyl (C=O) groups excluding carboxylic acids is 3. The van der Waals surface area contributed by atoms with E-state index in [0.29, 0.717) is 30.1 Å². The number of benzene rings is 1. The molecule has 0 fully saturated rings. The summed E-state index contributed by atoms with van der Waals surface area (Å²) in [6.07, 6.45) is 0.798. The lowest BCUT2D eigenvalue weighted by Crippen LogP contribution is -2.33. The van der Waals surface area contributed by atoms with Crippen molar-refractivity contribution >= 4 is 34.1 Å². The van der Waals surface area contributed by atoms with Crippen LogP contribution in [0.25, 0.3) is 0 Å². The van der Waals surface area contributed by atoms with Crippen molar-refractivity contribution in [2.24, 2.45) is 0 Å². The van der Waals surface area contributed by atoms with Crippen molar-refractivity contribution in [2.75, 3.05) is 19.0 Å². The monoisotopic (exact) mass is 400 g/mol. The number of thiophene rings is 1. The summed E-state index contributed by atoms with van der Waals surface area (Å²) in [6, 6.07) is 5.94. The van der Waals surface area contributed by atoms with Crippen LogP contribution in [0.1, 0.15) is 44.4 Å². The Morgan fingerprint density at radius 1 is 1.21 bits per heavy atom. The number of rotatable bonds is 4. The molecule has 6 nitrogen and oxygen atoms in total. The number of hydrogen-bond acceptors (Lipinski definition) is 5. The first-order valence-corrected chi connectivity index (χ1v) is 9.96. The minimum atomic E-state index is -0.463. The van der Waals surface area contributed by atoms with Gasteiger partial charge in [-0.05, 0) is 42.5 Å². The predicted molar refractivity (Wildman–Crippen MR) is 109 cm³/mol. The van der Waals surface area contributed by atoms with Crippen molar-refractivity contribution in [2.45, 2.75) is 40.2 Å². The minimum absolute atomic E-state index is 0.000931. The van der Waals surface area contributed by atoms with E-state index in [-0.39, 0.29) is 18.2 Å². The molecule has 2 amide bonds. The van der Waals surface area contributed by atoms with Crippen molar-refractivity contribution in [3.05, 3.63) is 50.9 Å². The van der Waals surface area contributed by atoms with Gasteiger partial charge in [0.2, 0.25) is 11.8 Å². The maximum atomic E-state index is 12.6. The van der Waals surface area contributed by atoms with Gasteiger partial charge in [0.1, 0.15) is 5.00 Å². The molecule has 2 aromatic rings. The Morgan fingerprint density at radius 3 is 2.61 bits per heavy atom. The van der Waals surface area contributed by atoms with Crippen LogP contribution in [0.15, 0.2) is 18.2 Å². The lowest BCUT2D eigenvalue weighted by atomic mass is 10.0. The number of amides is 2. The topological polar surface area (TPSA) is 75.7 Å². The van der Waals surface area contributed by atoms with E-state index in [1.807, 2.05) is 32.0 Å². The van der Waals surface area contributed by atoms with Crippen molar-refractivity contribution < 1.29 is 19.1 Å². The zero-order valence-corrected chi connectivity index (χ0v) is 17.4. The minimum Gasteiger partial charge on any atom is -0.465 e. The van der Waals surface area contributed by atoms with E-state index in [9.17, 15) is 14.4 Å². The summed E-state index contributed by atoms with van der Waals surface area (Å²) >= 11 is 1.34. The molecule has 0 bridgehead atoms. The Hall–Kier alpha value is -2.67. The number of aryl methyl sites for hydroxylation is 2. The standard InChI is InChI=1S/C21H24N2O4S/c1-12-5-6-15(9-13(12)2)10-18(25)22-20-19(21(26)27-4)16-7-8-23(14(3)24)11-17(16)28-20/h5-6,9H,7-8,10-11H2,1-4H3,(H,22,25). The van der Waals surface area contributed by atoms with Crippen molar-refractivity contribution in [1.82, 2.24) is 4.90 Å². The van der Waals surface area contributed by atoms with Gasteiger partial charge in [0.05, 0.1) is 25.6 Å². The average Bonchev–Trinajstić information content (AvgIpc) is 3.00. The first kappa shape index (κ1) is 20.1. The summed E-state index contributed by atoms with van der Waals surface area (Å²) in [5, 5.41) is 3.38. The molecule has 0 unspecified atom stereocenters. The number of hydrogen-bond donors (Lipinski definition) is 1. The van der Waals surface area contributed by atoms with E-state index >= 15 is 0 Å². The highest BCUT2D eigenvalue weighted by atomic mass is 32.1. The van der Waals surface area contributed by atoms with Gasteiger partial charge in [-0.15, -0.1) is 11.3 Å². The molecule has 28 heavy (non-hydrogen) atoms. The van der Waals surface area contributed by atoms with E-state index in [0.717, 1.165) is 21.6 Å². The molecule has 1 aromatic heterocycles. The lowest BCUT2D eigenvalue weighted by molar-refractivity contribution is -0.129. The summed E-state index contributed by atoms with van der Waals surface area (Å²) in [5.74, 6) is -0.648. The number of ether oxygens (including phenoxy) is 1. The number of methoxy groups -OCH3 is 1. The number of carbonyl (C=O) groups is 3. The van der Waals surface area contributed by atoms with Gasteiger partial charge >= 0.3 is 5.97 Å². The van der Waals surface area contributed by atoms with Crippen LogP contribution in [0.3, 0.4) is 0 Å². The molecule has 7 heteroatoms. The second kappa shape index (κ2) is 8.14. The van der Waals surface area contributed by atoms with E-state index in [2.05, 4.69) is 5.32 Å². The molecule has 0 radical (unpaired) electrons. The van der Waals surface area contributed by atoms with Gasteiger partial charge in [-0.3, -0.25) is 9.59 Å². The van der Waals surface area contributed by atoms with Crippen LogP contribution < -0.4 is 5.32 Å². The fraction of sp³-hybridized carbons (Fsp3) is 0.381. The van der Waals surface area contributed by atoms with Gasteiger partial charge in [-0.2, -0.15) is 0 Å². The van der Waals surface area contributed by atoms with Gasteiger partial charge in [0.15, 0.2) is 0 Å². The van der Waals surface area contributed by atoms with Gasteiger partial charge in [-0.25, -0.2) is 4.79 Å². The molecule has 1 aromatic carbocycles. The lowest BCUT2D eigenvalue weighted by Gasteiger charge is -2.25. The second-order valence-electron chi connectivity index (χ2n) is 7.03.